The lowest BCUT2D eigenvalue weighted by Crippen LogP contribution is -2.06. The Balaban J connectivity index is 1.42. The van der Waals surface area contributed by atoms with Crippen LogP contribution >= 0.6 is 22.7 Å². The Morgan fingerprint density at radius 1 is 0.636 bits per heavy atom. The molecule has 0 amide bonds. The summed E-state index contributed by atoms with van der Waals surface area (Å²) in [6.07, 6.45) is 0.700. The van der Waals surface area contributed by atoms with Gasteiger partial charge in [0, 0.05) is 41.7 Å². The molecule has 0 spiro atoms. The number of thiophene rings is 2. The molecule has 2 aromatic heterocycles. The smallest absolute Gasteiger partial charge is 0.135 e. The average molecular weight is 477 g/mol. The minimum absolute atomic E-state index is 0.0283. The summed E-state index contributed by atoms with van der Waals surface area (Å²) >= 11 is 3.40. The minimum atomic E-state index is -0.797. The van der Waals surface area contributed by atoms with Gasteiger partial charge in [-0.3, -0.25) is 0 Å². The molecule has 6 rings (SSSR count). The second-order valence-electron chi connectivity index (χ2n) is 8.55. The summed E-state index contributed by atoms with van der Waals surface area (Å²) in [5.74, 6) is -2.34. The highest BCUT2D eigenvalue weighted by atomic mass is 32.1. The molecule has 164 valence electrons. The van der Waals surface area contributed by atoms with Gasteiger partial charge in [-0.1, -0.05) is 12.1 Å². The van der Waals surface area contributed by atoms with Crippen molar-refractivity contribution in [2.75, 3.05) is 0 Å². The lowest BCUT2D eigenvalue weighted by Gasteiger charge is -2.11. The Bertz CT molecular complexity index is 1690. The molecular weight excluding hydrogens is 457 g/mol. The van der Waals surface area contributed by atoms with Crippen LogP contribution < -0.4 is 0 Å². The number of rotatable bonds is 3. The molecule has 0 N–H and O–H groups in total. The first kappa shape index (κ1) is 20.7. The summed E-state index contributed by atoms with van der Waals surface area (Å²) in [5, 5.41) is 9.38. The van der Waals surface area contributed by atoms with Gasteiger partial charge < -0.3 is 0 Å². The quantitative estimate of drug-likeness (QED) is 0.223. The van der Waals surface area contributed by atoms with Gasteiger partial charge in [-0.15, -0.1) is 22.7 Å². The summed E-state index contributed by atoms with van der Waals surface area (Å²) in [6.45, 7) is 2.72. The van der Waals surface area contributed by atoms with Crippen molar-refractivity contribution in [3.05, 3.63) is 92.9 Å². The molecule has 33 heavy (non-hydrogen) atoms. The van der Waals surface area contributed by atoms with Gasteiger partial charge in [0.05, 0.1) is 0 Å². The molecule has 0 atom stereocenters. The third-order valence-corrected chi connectivity index (χ3v) is 8.65. The maximum atomic E-state index is 14.6. The van der Waals surface area contributed by atoms with Crippen LogP contribution in [0.3, 0.4) is 0 Å². The summed E-state index contributed by atoms with van der Waals surface area (Å²) in [6, 6.07) is 17.4. The maximum absolute atomic E-state index is 14.6. The monoisotopic (exact) mass is 476 g/mol. The first-order valence-corrected chi connectivity index (χ1v) is 12.5. The van der Waals surface area contributed by atoms with Crippen molar-refractivity contribution in [3.63, 3.8) is 0 Å². The van der Waals surface area contributed by atoms with Crippen LogP contribution in [0.15, 0.2) is 53.9 Å². The van der Waals surface area contributed by atoms with Crippen LogP contribution in [0, 0.1) is 31.3 Å². The van der Waals surface area contributed by atoms with Crippen molar-refractivity contribution >= 4 is 64.4 Å². The Labute approximate surface area is 196 Å². The zero-order valence-corrected chi connectivity index (χ0v) is 19.7. The Morgan fingerprint density at radius 3 is 1.97 bits per heavy atom. The molecule has 0 aliphatic carbocycles. The molecule has 0 bridgehead atoms. The van der Waals surface area contributed by atoms with E-state index in [1.807, 2.05) is 0 Å². The number of fused-ring (bicyclic) bond motifs is 6. The average Bonchev–Trinajstić information content (AvgIpc) is 3.47. The van der Waals surface area contributed by atoms with E-state index in [1.54, 1.807) is 22.7 Å². The van der Waals surface area contributed by atoms with Gasteiger partial charge >= 0.3 is 0 Å². The third-order valence-electron chi connectivity index (χ3n) is 6.61. The molecule has 5 heteroatoms. The summed E-state index contributed by atoms with van der Waals surface area (Å²) in [4.78, 5) is 1.06. The second-order valence-corrected chi connectivity index (χ2v) is 10.7. The van der Waals surface area contributed by atoms with E-state index in [9.17, 15) is 13.2 Å². The molecule has 2 heterocycles. The van der Waals surface area contributed by atoms with Gasteiger partial charge in [0.2, 0.25) is 0 Å². The SMILES string of the molecule is Cc1c(F)c(C)c(F)c(CCc2cc3c(ccc4cc5c(ccc6sccc65)cc43)s2)c1F. The fourth-order valence-corrected chi connectivity index (χ4v) is 6.67. The summed E-state index contributed by atoms with van der Waals surface area (Å²) in [7, 11) is 0. The predicted molar refractivity (Wildman–Crippen MR) is 135 cm³/mol. The van der Waals surface area contributed by atoms with Crippen LogP contribution in [0.25, 0.3) is 41.7 Å². The van der Waals surface area contributed by atoms with Crippen LogP contribution in [0.4, 0.5) is 13.2 Å². The topological polar surface area (TPSA) is 0 Å². The molecule has 0 aliphatic heterocycles. The van der Waals surface area contributed by atoms with Crippen LogP contribution in [-0.2, 0) is 12.8 Å². The van der Waals surface area contributed by atoms with E-state index >= 15 is 0 Å². The van der Waals surface area contributed by atoms with Crippen molar-refractivity contribution in [3.8, 4) is 0 Å². The summed E-state index contributed by atoms with van der Waals surface area (Å²) in [5.41, 5.74) is -0.254. The molecule has 0 radical (unpaired) electrons. The van der Waals surface area contributed by atoms with E-state index in [1.165, 1.54) is 45.5 Å². The van der Waals surface area contributed by atoms with E-state index < -0.39 is 17.5 Å². The molecule has 0 aliphatic rings. The molecule has 0 saturated carbocycles. The maximum Gasteiger partial charge on any atom is 0.135 e. The van der Waals surface area contributed by atoms with E-state index in [4.69, 9.17) is 0 Å². The van der Waals surface area contributed by atoms with Crippen molar-refractivity contribution in [1.29, 1.82) is 0 Å². The third kappa shape index (κ3) is 3.17. The van der Waals surface area contributed by atoms with Crippen molar-refractivity contribution in [1.82, 2.24) is 0 Å². The molecule has 0 saturated heterocycles. The van der Waals surface area contributed by atoms with Gasteiger partial charge in [-0.25, -0.2) is 13.2 Å². The highest BCUT2D eigenvalue weighted by Crippen LogP contribution is 2.37. The fraction of sp³-hybridized carbons (Fsp3) is 0.143. The first-order chi connectivity index (χ1) is 15.9. The van der Waals surface area contributed by atoms with Crippen LogP contribution in [-0.4, -0.2) is 0 Å². The highest BCUT2D eigenvalue weighted by molar-refractivity contribution is 7.19. The summed E-state index contributed by atoms with van der Waals surface area (Å²) < 4.78 is 45.6. The van der Waals surface area contributed by atoms with Crippen molar-refractivity contribution < 1.29 is 13.2 Å². The number of hydrogen-bond donors (Lipinski definition) is 0. The lowest BCUT2D eigenvalue weighted by molar-refractivity contribution is 0.504. The van der Waals surface area contributed by atoms with Gasteiger partial charge in [-0.05, 0) is 90.0 Å². The Kier molecular flexibility index (Phi) is 4.75. The molecule has 0 unspecified atom stereocenters. The second kappa shape index (κ2) is 7.57. The van der Waals surface area contributed by atoms with Gasteiger partial charge in [0.25, 0.3) is 0 Å². The minimum Gasteiger partial charge on any atom is -0.206 e. The molecule has 4 aromatic carbocycles. The van der Waals surface area contributed by atoms with Crippen LogP contribution in [0.2, 0.25) is 0 Å². The number of hydrogen-bond acceptors (Lipinski definition) is 2. The van der Waals surface area contributed by atoms with E-state index in [2.05, 4.69) is 53.9 Å². The Morgan fingerprint density at radius 2 is 1.27 bits per heavy atom. The van der Waals surface area contributed by atoms with E-state index in [0.717, 1.165) is 15.0 Å². The van der Waals surface area contributed by atoms with Crippen molar-refractivity contribution in [2.24, 2.45) is 0 Å². The van der Waals surface area contributed by atoms with Crippen LogP contribution in [0.5, 0.6) is 0 Å². The fourth-order valence-electron chi connectivity index (χ4n) is 4.78. The number of benzene rings is 4. The van der Waals surface area contributed by atoms with Gasteiger partial charge in [0.15, 0.2) is 0 Å². The van der Waals surface area contributed by atoms with Crippen molar-refractivity contribution in [2.45, 2.75) is 26.7 Å². The molecule has 6 aromatic rings. The standard InChI is InChI=1S/C28H19F3S2/c1-14-26(29)15(2)28(31)20(27(14)30)6-5-18-13-23-22-12-16-3-7-24-19(9-10-32-24)21(16)11-17(22)4-8-25(23)33-18/h3-4,7-13H,5-6H2,1-2H3. The zero-order chi connectivity index (χ0) is 22.9. The predicted octanol–water partition coefficient (Wildman–Crippen LogP) is 9.24. The lowest BCUT2D eigenvalue weighted by atomic mass is 9.98. The molecular formula is C28H19F3S2. The largest absolute Gasteiger partial charge is 0.206 e. The van der Waals surface area contributed by atoms with Crippen LogP contribution in [0.1, 0.15) is 21.6 Å². The first-order valence-electron chi connectivity index (χ1n) is 10.8. The van der Waals surface area contributed by atoms with E-state index in [-0.39, 0.29) is 23.1 Å². The van der Waals surface area contributed by atoms with Gasteiger partial charge in [0.1, 0.15) is 17.5 Å². The molecule has 0 fully saturated rings. The van der Waals surface area contributed by atoms with Gasteiger partial charge in [-0.2, -0.15) is 0 Å². The number of aryl methyl sites for hydroxylation is 1. The zero-order valence-electron chi connectivity index (χ0n) is 18.1. The highest BCUT2D eigenvalue weighted by Gasteiger charge is 2.20. The molecule has 0 nitrogen and oxygen atoms in total. The normalized spacial score (nSPS) is 12.0. The Hall–Kier alpha value is -2.89. The van der Waals surface area contributed by atoms with E-state index in [0.29, 0.717) is 6.42 Å². The number of halogens is 3.